The number of hydrogen-bond acceptors (Lipinski definition) is 5. The molecule has 4 aromatic rings. The lowest BCUT2D eigenvalue weighted by atomic mass is 10.1. The summed E-state index contributed by atoms with van der Waals surface area (Å²) >= 11 is 7.98. The van der Waals surface area contributed by atoms with Gasteiger partial charge >= 0.3 is 0 Å². The van der Waals surface area contributed by atoms with E-state index in [4.69, 9.17) is 11.6 Å². The zero-order chi connectivity index (χ0) is 16.5. The third kappa shape index (κ3) is 2.74. The molecule has 0 aliphatic carbocycles. The van der Waals surface area contributed by atoms with Crippen molar-refractivity contribution in [1.82, 2.24) is 19.9 Å². The Hall–Kier alpha value is -2.44. The Morgan fingerprint density at radius 3 is 2.88 bits per heavy atom. The Kier molecular flexibility index (Phi) is 3.92. The molecule has 120 valence electrons. The lowest BCUT2D eigenvalue weighted by Crippen LogP contribution is -2.08. The molecule has 24 heavy (non-hydrogen) atoms. The number of anilines is 2. The van der Waals surface area contributed by atoms with Crippen molar-refractivity contribution >= 4 is 44.8 Å². The number of rotatable bonds is 4. The zero-order valence-corrected chi connectivity index (χ0v) is 14.5. The second-order valence-corrected chi connectivity index (χ2v) is 6.79. The average Bonchev–Trinajstić information content (AvgIpc) is 3.20. The monoisotopic (exact) mass is 355 g/mol. The molecule has 0 radical (unpaired) electrons. The van der Waals surface area contributed by atoms with Crippen LogP contribution in [-0.2, 0) is 6.42 Å². The van der Waals surface area contributed by atoms with Gasteiger partial charge in [-0.05, 0) is 29.8 Å². The first-order chi connectivity index (χ1) is 11.7. The van der Waals surface area contributed by atoms with Gasteiger partial charge in [-0.1, -0.05) is 22.9 Å². The van der Waals surface area contributed by atoms with Gasteiger partial charge in [-0.25, -0.2) is 9.97 Å². The van der Waals surface area contributed by atoms with E-state index < -0.39 is 0 Å². The first kappa shape index (κ1) is 15.1. The highest BCUT2D eigenvalue weighted by atomic mass is 35.5. The lowest BCUT2D eigenvalue weighted by Gasteiger charge is -2.14. The summed E-state index contributed by atoms with van der Waals surface area (Å²) < 4.78 is 0. The van der Waals surface area contributed by atoms with Crippen LogP contribution in [0.2, 0.25) is 5.15 Å². The smallest absolute Gasteiger partial charge is 0.191 e. The molecule has 0 atom stereocenters. The van der Waals surface area contributed by atoms with Crippen LogP contribution < -0.4 is 4.90 Å². The topological polar surface area (TPSA) is 57.7 Å². The van der Waals surface area contributed by atoms with Gasteiger partial charge in [-0.15, -0.1) is 0 Å². The number of aromatic nitrogens is 4. The highest BCUT2D eigenvalue weighted by molar-refractivity contribution is 7.16. The first-order valence-electron chi connectivity index (χ1n) is 7.42. The molecule has 0 aliphatic rings. The second-order valence-electron chi connectivity index (χ2n) is 5.37. The van der Waals surface area contributed by atoms with Crippen LogP contribution >= 0.6 is 22.9 Å². The average molecular weight is 356 g/mol. The van der Waals surface area contributed by atoms with E-state index in [0.29, 0.717) is 5.15 Å². The largest absolute Gasteiger partial charge is 0.346 e. The van der Waals surface area contributed by atoms with Gasteiger partial charge in [0, 0.05) is 49.3 Å². The summed E-state index contributed by atoms with van der Waals surface area (Å²) in [5.41, 5.74) is 3.09. The molecule has 0 unspecified atom stereocenters. The fourth-order valence-electron chi connectivity index (χ4n) is 2.58. The molecule has 0 spiro atoms. The van der Waals surface area contributed by atoms with E-state index in [1.165, 1.54) is 5.56 Å². The maximum absolute atomic E-state index is 6.38. The van der Waals surface area contributed by atoms with E-state index in [2.05, 4.69) is 26.0 Å². The minimum Gasteiger partial charge on any atom is -0.346 e. The predicted octanol–water partition coefficient (Wildman–Crippen LogP) is 4.43. The van der Waals surface area contributed by atoms with E-state index in [9.17, 15) is 0 Å². The highest BCUT2D eigenvalue weighted by Gasteiger charge is 2.15. The Balaban J connectivity index is 1.64. The van der Waals surface area contributed by atoms with Crippen LogP contribution in [-0.4, -0.2) is 27.0 Å². The van der Waals surface area contributed by atoms with Gasteiger partial charge in [-0.3, -0.25) is 4.98 Å². The fraction of sp³-hybridized carbons (Fsp3) is 0.118. The van der Waals surface area contributed by atoms with Crippen LogP contribution in [0.1, 0.15) is 10.4 Å². The number of aromatic amines is 1. The van der Waals surface area contributed by atoms with Crippen LogP contribution in [0.3, 0.4) is 0 Å². The number of nitrogens with one attached hydrogen (secondary N) is 1. The molecule has 0 aromatic carbocycles. The fourth-order valence-corrected chi connectivity index (χ4v) is 3.85. The van der Waals surface area contributed by atoms with Crippen molar-refractivity contribution in [3.05, 3.63) is 64.6 Å². The zero-order valence-electron chi connectivity index (χ0n) is 12.9. The molecule has 4 aromatic heterocycles. The molecular weight excluding hydrogens is 342 g/mol. The maximum atomic E-state index is 6.38. The molecule has 0 bridgehead atoms. The van der Waals surface area contributed by atoms with E-state index in [0.717, 1.165) is 33.2 Å². The number of halogens is 1. The molecular formula is C17H14ClN5S. The molecule has 1 N–H and O–H groups in total. The number of fused-ring (bicyclic) bond motifs is 1. The van der Waals surface area contributed by atoms with Crippen LogP contribution in [0.25, 0.3) is 11.0 Å². The van der Waals surface area contributed by atoms with Crippen molar-refractivity contribution < 1.29 is 0 Å². The van der Waals surface area contributed by atoms with Crippen LogP contribution in [0.5, 0.6) is 0 Å². The summed E-state index contributed by atoms with van der Waals surface area (Å²) in [6.45, 7) is 0. The van der Waals surface area contributed by atoms with Gasteiger partial charge in [0.2, 0.25) is 0 Å². The van der Waals surface area contributed by atoms with Crippen molar-refractivity contribution in [3.8, 4) is 0 Å². The van der Waals surface area contributed by atoms with E-state index in [1.807, 2.05) is 36.3 Å². The van der Waals surface area contributed by atoms with Crippen molar-refractivity contribution in [1.29, 1.82) is 0 Å². The maximum Gasteiger partial charge on any atom is 0.191 e. The van der Waals surface area contributed by atoms with Crippen molar-refractivity contribution in [2.24, 2.45) is 0 Å². The summed E-state index contributed by atoms with van der Waals surface area (Å²) in [6.07, 6.45) is 8.03. The predicted molar refractivity (Wildman–Crippen MR) is 98.3 cm³/mol. The van der Waals surface area contributed by atoms with E-state index in [-0.39, 0.29) is 0 Å². The van der Waals surface area contributed by atoms with Gasteiger partial charge in [-0.2, -0.15) is 0 Å². The van der Waals surface area contributed by atoms with E-state index in [1.54, 1.807) is 29.9 Å². The summed E-state index contributed by atoms with van der Waals surface area (Å²) in [5, 5.41) is 2.53. The van der Waals surface area contributed by atoms with Gasteiger partial charge in [0.15, 0.2) is 5.13 Å². The molecule has 7 heteroatoms. The number of thiazole rings is 1. The number of hydrogen-bond donors (Lipinski definition) is 1. The normalized spacial score (nSPS) is 11.1. The molecule has 0 aliphatic heterocycles. The Morgan fingerprint density at radius 1 is 1.21 bits per heavy atom. The number of pyridine rings is 2. The lowest BCUT2D eigenvalue weighted by molar-refractivity contribution is 1.15. The first-order valence-corrected chi connectivity index (χ1v) is 8.62. The van der Waals surface area contributed by atoms with Gasteiger partial charge < -0.3 is 9.88 Å². The van der Waals surface area contributed by atoms with Crippen molar-refractivity contribution in [2.75, 3.05) is 11.9 Å². The molecule has 0 fully saturated rings. The van der Waals surface area contributed by atoms with Crippen molar-refractivity contribution in [3.63, 3.8) is 0 Å². The quantitative estimate of drug-likeness (QED) is 0.588. The SMILES string of the molecule is CN(c1ccncc1)c1nc(Cl)c(Cc2c[nH]c3ncccc23)s1. The van der Waals surface area contributed by atoms with Gasteiger partial charge in [0.05, 0.1) is 4.88 Å². The second kappa shape index (κ2) is 6.22. The third-order valence-corrected chi connectivity index (χ3v) is 5.42. The van der Waals surface area contributed by atoms with Crippen LogP contribution in [0, 0.1) is 0 Å². The summed E-state index contributed by atoms with van der Waals surface area (Å²) in [5.74, 6) is 0. The molecule has 0 saturated carbocycles. The molecule has 4 rings (SSSR count). The van der Waals surface area contributed by atoms with Crippen LogP contribution in [0.15, 0.2) is 49.1 Å². The molecule has 4 heterocycles. The summed E-state index contributed by atoms with van der Waals surface area (Å²) in [6, 6.07) is 7.89. The molecule has 0 saturated heterocycles. The molecule has 0 amide bonds. The third-order valence-electron chi connectivity index (χ3n) is 3.86. The summed E-state index contributed by atoms with van der Waals surface area (Å²) in [7, 11) is 1.98. The van der Waals surface area contributed by atoms with Gasteiger partial charge in [0.25, 0.3) is 0 Å². The number of H-pyrrole nitrogens is 1. The number of nitrogens with zero attached hydrogens (tertiary/aromatic N) is 4. The summed E-state index contributed by atoms with van der Waals surface area (Å²) in [4.78, 5) is 19.1. The van der Waals surface area contributed by atoms with Crippen LogP contribution in [0.4, 0.5) is 10.8 Å². The van der Waals surface area contributed by atoms with E-state index >= 15 is 0 Å². The Labute approximate surface area is 148 Å². The highest BCUT2D eigenvalue weighted by Crippen LogP contribution is 2.34. The Bertz CT molecular complexity index is 979. The van der Waals surface area contributed by atoms with Crippen molar-refractivity contribution in [2.45, 2.75) is 6.42 Å². The Morgan fingerprint density at radius 2 is 2.04 bits per heavy atom. The minimum atomic E-state index is 0.550. The standard InChI is InChI=1S/C17H14ClN5S/c1-23(12-4-7-19-8-5-12)17-22-15(18)14(24-17)9-11-10-21-16-13(11)3-2-6-20-16/h2-8,10H,9H2,1H3,(H,20,21). The van der Waals surface area contributed by atoms with Gasteiger partial charge in [0.1, 0.15) is 10.8 Å². The minimum absolute atomic E-state index is 0.550. The molecule has 5 nitrogen and oxygen atoms in total.